The van der Waals surface area contributed by atoms with Crippen molar-refractivity contribution in [2.24, 2.45) is 5.92 Å². The summed E-state index contributed by atoms with van der Waals surface area (Å²) in [5.74, 6) is -0.407. The first-order chi connectivity index (χ1) is 14.2. The lowest BCUT2D eigenvalue weighted by Crippen LogP contribution is -2.45. The molecule has 162 valence electrons. The molecule has 0 bridgehead atoms. The maximum absolute atomic E-state index is 12.8. The zero-order valence-corrected chi connectivity index (χ0v) is 18.0. The Balaban J connectivity index is 1.56. The number of benzene rings is 1. The molecule has 3 rings (SSSR count). The van der Waals surface area contributed by atoms with Crippen LogP contribution in [-0.4, -0.2) is 48.2 Å². The number of sulfonamides is 1. The van der Waals surface area contributed by atoms with E-state index in [-0.39, 0.29) is 30.6 Å². The van der Waals surface area contributed by atoms with Crippen LogP contribution in [0.5, 0.6) is 0 Å². The zero-order chi connectivity index (χ0) is 21.9. The molecular weight excluding hydrogens is 432 g/mol. The Morgan fingerprint density at radius 3 is 2.40 bits per heavy atom. The van der Waals surface area contributed by atoms with Crippen molar-refractivity contribution >= 4 is 27.5 Å². The van der Waals surface area contributed by atoms with Crippen molar-refractivity contribution in [3.8, 4) is 0 Å². The predicted octanol–water partition coefficient (Wildman–Crippen LogP) is 0.785. The first-order valence-corrected chi connectivity index (χ1v) is 11.4. The number of halogens is 1. The van der Waals surface area contributed by atoms with Crippen LogP contribution in [0, 0.1) is 12.8 Å². The second-order valence-corrected chi connectivity index (χ2v) is 9.52. The molecule has 3 N–H and O–H groups in total. The number of amides is 1. The second kappa shape index (κ2) is 9.15. The highest BCUT2D eigenvalue weighted by molar-refractivity contribution is 7.89. The molecule has 2 heterocycles. The quantitative estimate of drug-likeness (QED) is 0.593. The Kier molecular flexibility index (Phi) is 6.79. The van der Waals surface area contributed by atoms with E-state index in [4.69, 9.17) is 11.6 Å². The van der Waals surface area contributed by atoms with Gasteiger partial charge in [0.05, 0.1) is 0 Å². The number of hydrogen-bond donors (Lipinski definition) is 3. The highest BCUT2D eigenvalue weighted by Gasteiger charge is 2.34. The third-order valence-electron chi connectivity index (χ3n) is 5.12. The van der Waals surface area contributed by atoms with Gasteiger partial charge in [-0.2, -0.15) is 4.31 Å². The minimum Gasteiger partial charge on any atom is -0.356 e. The summed E-state index contributed by atoms with van der Waals surface area (Å²) in [6.07, 6.45) is 1.38. The van der Waals surface area contributed by atoms with Crippen LogP contribution in [0.1, 0.15) is 24.1 Å². The number of carbonyl (C=O) groups excluding carboxylic acids is 1. The van der Waals surface area contributed by atoms with Crippen molar-refractivity contribution in [2.75, 3.05) is 19.6 Å². The van der Waals surface area contributed by atoms with Crippen molar-refractivity contribution in [1.82, 2.24) is 19.6 Å². The van der Waals surface area contributed by atoms with Crippen molar-refractivity contribution in [2.45, 2.75) is 31.1 Å². The largest absolute Gasteiger partial charge is 0.356 e. The van der Waals surface area contributed by atoms with Crippen molar-refractivity contribution in [1.29, 1.82) is 0 Å². The fourth-order valence-corrected chi connectivity index (χ4v) is 5.31. The van der Waals surface area contributed by atoms with E-state index in [0.29, 0.717) is 30.8 Å². The summed E-state index contributed by atoms with van der Waals surface area (Å²) in [5, 5.41) is 3.55. The number of nitrogens with zero attached hydrogens (tertiary/aromatic N) is 1. The normalized spacial score (nSPS) is 15.8. The number of H-pyrrole nitrogens is 2. The molecule has 0 unspecified atom stereocenters. The van der Waals surface area contributed by atoms with Crippen LogP contribution in [0.4, 0.5) is 0 Å². The SMILES string of the molecule is Cc1[nH]c(=O)[nH]c(=O)c1S(=O)(=O)N1CCC(C(=O)NCCc2ccc(Cl)cc2)CC1. The Hall–Kier alpha value is -2.43. The minimum atomic E-state index is -4.07. The maximum atomic E-state index is 12.8. The lowest BCUT2D eigenvalue weighted by Gasteiger charge is -2.30. The van der Waals surface area contributed by atoms with Gasteiger partial charge in [0.15, 0.2) is 4.90 Å². The van der Waals surface area contributed by atoms with Gasteiger partial charge in [0, 0.05) is 36.3 Å². The molecule has 1 aliphatic heterocycles. The number of rotatable bonds is 6. The summed E-state index contributed by atoms with van der Waals surface area (Å²) in [6, 6.07) is 7.39. The number of aromatic nitrogens is 2. The third-order valence-corrected chi connectivity index (χ3v) is 7.43. The molecule has 30 heavy (non-hydrogen) atoms. The summed E-state index contributed by atoms with van der Waals surface area (Å²) < 4.78 is 26.9. The van der Waals surface area contributed by atoms with Gasteiger partial charge in [-0.1, -0.05) is 23.7 Å². The van der Waals surface area contributed by atoms with Crippen molar-refractivity contribution in [3.63, 3.8) is 0 Å². The third kappa shape index (κ3) is 5.00. The van der Waals surface area contributed by atoms with Crippen LogP contribution in [0.15, 0.2) is 38.8 Å². The number of piperidine rings is 1. The topological polar surface area (TPSA) is 132 Å². The molecule has 1 amide bonds. The number of nitrogens with one attached hydrogen (secondary N) is 3. The van der Waals surface area contributed by atoms with Crippen LogP contribution in [-0.2, 0) is 21.2 Å². The molecule has 1 fully saturated rings. The van der Waals surface area contributed by atoms with Gasteiger partial charge in [-0.25, -0.2) is 13.2 Å². The fraction of sp³-hybridized carbons (Fsp3) is 0.421. The molecule has 11 heteroatoms. The first kappa shape index (κ1) is 22.3. The Bertz CT molecular complexity index is 1130. The Morgan fingerprint density at radius 2 is 1.80 bits per heavy atom. The lowest BCUT2D eigenvalue weighted by atomic mass is 9.97. The van der Waals surface area contributed by atoms with E-state index in [1.165, 1.54) is 11.2 Å². The molecule has 1 aromatic carbocycles. The summed E-state index contributed by atoms with van der Waals surface area (Å²) >= 11 is 5.85. The van der Waals surface area contributed by atoms with Gasteiger partial charge >= 0.3 is 5.69 Å². The molecule has 0 radical (unpaired) electrons. The predicted molar refractivity (Wildman–Crippen MR) is 112 cm³/mol. The molecule has 9 nitrogen and oxygen atoms in total. The number of hydrogen-bond acceptors (Lipinski definition) is 5. The van der Waals surface area contributed by atoms with E-state index in [2.05, 4.69) is 10.3 Å². The van der Waals surface area contributed by atoms with E-state index < -0.39 is 26.2 Å². The van der Waals surface area contributed by atoms with E-state index in [1.54, 1.807) is 12.1 Å². The van der Waals surface area contributed by atoms with E-state index in [1.807, 2.05) is 17.1 Å². The average molecular weight is 455 g/mol. The van der Waals surface area contributed by atoms with E-state index in [0.717, 1.165) is 5.56 Å². The van der Waals surface area contributed by atoms with Gasteiger partial charge in [-0.3, -0.25) is 14.6 Å². The summed E-state index contributed by atoms with van der Waals surface area (Å²) in [7, 11) is -4.07. The summed E-state index contributed by atoms with van der Waals surface area (Å²) in [6.45, 7) is 2.08. The molecule has 0 saturated carbocycles. The maximum Gasteiger partial charge on any atom is 0.325 e. The first-order valence-electron chi connectivity index (χ1n) is 9.54. The fourth-order valence-electron chi connectivity index (χ4n) is 3.51. The highest BCUT2D eigenvalue weighted by Crippen LogP contribution is 2.23. The summed E-state index contributed by atoms with van der Waals surface area (Å²) in [4.78, 5) is 39.5. The van der Waals surface area contributed by atoms with Gasteiger partial charge < -0.3 is 10.3 Å². The Morgan fingerprint density at radius 1 is 1.17 bits per heavy atom. The highest BCUT2D eigenvalue weighted by atomic mass is 35.5. The van der Waals surface area contributed by atoms with Gasteiger partial charge in [0.1, 0.15) is 0 Å². The monoisotopic (exact) mass is 454 g/mol. The standard InChI is InChI=1S/C19H23ClN4O5S/c1-12-16(18(26)23-19(27)22-12)30(28,29)24-10-7-14(8-11-24)17(25)21-9-6-13-2-4-15(20)5-3-13/h2-5,14H,6-11H2,1H3,(H,21,25)(H2,22,23,26,27). The van der Waals surface area contributed by atoms with E-state index >= 15 is 0 Å². The van der Waals surface area contributed by atoms with Gasteiger partial charge in [0.2, 0.25) is 15.9 Å². The van der Waals surface area contributed by atoms with Gasteiger partial charge in [-0.15, -0.1) is 0 Å². The number of aryl methyl sites for hydroxylation is 1. The van der Waals surface area contributed by atoms with Gasteiger partial charge in [-0.05, 0) is 43.9 Å². The van der Waals surface area contributed by atoms with Crippen molar-refractivity contribution < 1.29 is 13.2 Å². The van der Waals surface area contributed by atoms with Gasteiger partial charge in [0.25, 0.3) is 5.56 Å². The lowest BCUT2D eigenvalue weighted by molar-refractivity contribution is -0.126. The molecule has 2 aromatic rings. The minimum absolute atomic E-state index is 0.00850. The van der Waals surface area contributed by atoms with E-state index in [9.17, 15) is 22.8 Å². The molecular formula is C19H23ClN4O5S. The molecule has 1 aromatic heterocycles. The number of aromatic amines is 2. The van der Waals surface area contributed by atoms with Crippen LogP contribution in [0.2, 0.25) is 5.02 Å². The second-order valence-electron chi connectivity index (χ2n) is 7.21. The van der Waals surface area contributed by atoms with Crippen LogP contribution in [0.25, 0.3) is 0 Å². The molecule has 0 spiro atoms. The zero-order valence-electron chi connectivity index (χ0n) is 16.4. The average Bonchev–Trinajstić information content (AvgIpc) is 2.68. The van der Waals surface area contributed by atoms with Crippen molar-refractivity contribution in [3.05, 3.63) is 61.4 Å². The smallest absolute Gasteiger partial charge is 0.325 e. The molecule has 0 atom stereocenters. The van der Waals surface area contributed by atoms with Crippen LogP contribution >= 0.6 is 11.6 Å². The molecule has 0 aliphatic carbocycles. The molecule has 1 saturated heterocycles. The van der Waals surface area contributed by atoms with Crippen LogP contribution < -0.4 is 16.6 Å². The Labute approximate surface area is 178 Å². The number of carbonyl (C=O) groups is 1. The summed E-state index contributed by atoms with van der Waals surface area (Å²) in [5.41, 5.74) is -0.656. The van der Waals surface area contributed by atoms with Crippen LogP contribution in [0.3, 0.4) is 0 Å². The molecule has 1 aliphatic rings.